The first-order valence-electron chi connectivity index (χ1n) is 7.30. The maximum atomic E-state index is 13.5. The number of hydrogen-bond donors (Lipinski definition) is 0. The molecule has 1 atom stereocenters. The summed E-state index contributed by atoms with van der Waals surface area (Å²) in [7, 11) is 0. The molecule has 0 N–H and O–H groups in total. The third-order valence-electron chi connectivity index (χ3n) is 4.12. The van der Waals surface area contributed by atoms with Gasteiger partial charge in [-0.05, 0) is 49.8 Å². The van der Waals surface area contributed by atoms with Crippen molar-refractivity contribution in [1.29, 1.82) is 0 Å². The molecule has 1 unspecified atom stereocenters. The maximum Gasteiger partial charge on any atom is 0.254 e. The van der Waals surface area contributed by atoms with E-state index in [1.165, 1.54) is 18.9 Å². The Kier molecular flexibility index (Phi) is 3.74. The van der Waals surface area contributed by atoms with Crippen molar-refractivity contribution in [1.82, 2.24) is 4.90 Å². The van der Waals surface area contributed by atoms with Gasteiger partial charge in [-0.1, -0.05) is 6.07 Å². The Morgan fingerprint density at radius 2 is 2.20 bits per heavy atom. The smallest absolute Gasteiger partial charge is 0.254 e. The van der Waals surface area contributed by atoms with E-state index in [2.05, 4.69) is 0 Å². The summed E-state index contributed by atoms with van der Waals surface area (Å²) in [5.41, 5.74) is 0.990. The fourth-order valence-electron chi connectivity index (χ4n) is 2.51. The summed E-state index contributed by atoms with van der Waals surface area (Å²) in [4.78, 5) is 14.1. The standard InChI is InChI=1S/C16H20FNO2/c1-11-2-5-13(8-15(11)17)16(19)18-7-6-14(9-18)20-10-12-3-4-12/h2,5,8,12,14H,3-4,6-7,9-10H2,1H3. The quantitative estimate of drug-likeness (QED) is 0.847. The van der Waals surface area contributed by atoms with Gasteiger partial charge in [0.05, 0.1) is 6.10 Å². The summed E-state index contributed by atoms with van der Waals surface area (Å²) in [6, 6.07) is 4.68. The van der Waals surface area contributed by atoms with Gasteiger partial charge in [-0.15, -0.1) is 0 Å². The lowest BCUT2D eigenvalue weighted by atomic mass is 10.1. The molecule has 0 radical (unpaired) electrons. The normalized spacial score (nSPS) is 22.3. The first kappa shape index (κ1) is 13.6. The fourth-order valence-corrected chi connectivity index (χ4v) is 2.51. The molecule has 1 amide bonds. The average Bonchev–Trinajstić information content (AvgIpc) is 3.16. The zero-order valence-corrected chi connectivity index (χ0v) is 11.8. The van der Waals surface area contributed by atoms with Gasteiger partial charge in [-0.2, -0.15) is 0 Å². The molecule has 3 nitrogen and oxygen atoms in total. The molecule has 20 heavy (non-hydrogen) atoms. The van der Waals surface area contributed by atoms with E-state index >= 15 is 0 Å². The number of carbonyl (C=O) groups excluding carboxylic acids is 1. The molecule has 0 bridgehead atoms. The minimum Gasteiger partial charge on any atom is -0.376 e. The number of carbonyl (C=O) groups is 1. The van der Waals surface area contributed by atoms with Crippen molar-refractivity contribution >= 4 is 5.91 Å². The molecule has 1 aliphatic heterocycles. The molecule has 1 saturated heterocycles. The Balaban J connectivity index is 1.58. The van der Waals surface area contributed by atoms with Crippen LogP contribution in [0.5, 0.6) is 0 Å². The van der Waals surface area contributed by atoms with Crippen LogP contribution in [-0.4, -0.2) is 36.6 Å². The number of benzene rings is 1. The Morgan fingerprint density at radius 1 is 1.40 bits per heavy atom. The zero-order valence-electron chi connectivity index (χ0n) is 11.8. The Bertz CT molecular complexity index is 513. The van der Waals surface area contributed by atoms with E-state index in [0.29, 0.717) is 24.2 Å². The molecule has 2 aliphatic rings. The molecule has 1 aliphatic carbocycles. The lowest BCUT2D eigenvalue weighted by Crippen LogP contribution is -2.30. The predicted molar refractivity (Wildman–Crippen MR) is 74.1 cm³/mol. The van der Waals surface area contributed by atoms with Crippen LogP contribution >= 0.6 is 0 Å². The molecule has 1 aromatic rings. The third-order valence-corrected chi connectivity index (χ3v) is 4.12. The van der Waals surface area contributed by atoms with Gasteiger partial charge in [0.15, 0.2) is 0 Å². The van der Waals surface area contributed by atoms with E-state index in [-0.39, 0.29) is 17.8 Å². The summed E-state index contributed by atoms with van der Waals surface area (Å²) in [6.45, 7) is 3.85. The van der Waals surface area contributed by atoms with Gasteiger partial charge in [0.2, 0.25) is 0 Å². The molecule has 2 fully saturated rings. The van der Waals surface area contributed by atoms with E-state index in [9.17, 15) is 9.18 Å². The van der Waals surface area contributed by atoms with Crippen LogP contribution in [0.25, 0.3) is 0 Å². The van der Waals surface area contributed by atoms with Crippen molar-refractivity contribution in [3.8, 4) is 0 Å². The van der Waals surface area contributed by atoms with E-state index in [1.807, 2.05) is 0 Å². The van der Waals surface area contributed by atoms with Crippen LogP contribution in [0.4, 0.5) is 4.39 Å². The molecule has 1 heterocycles. The molecule has 4 heteroatoms. The van der Waals surface area contributed by atoms with Gasteiger partial charge in [-0.25, -0.2) is 4.39 Å². The Labute approximate surface area is 118 Å². The van der Waals surface area contributed by atoms with Gasteiger partial charge in [0, 0.05) is 25.3 Å². The van der Waals surface area contributed by atoms with E-state index in [4.69, 9.17) is 4.74 Å². The van der Waals surface area contributed by atoms with Crippen LogP contribution < -0.4 is 0 Å². The molecule has 0 aromatic heterocycles. The van der Waals surface area contributed by atoms with Crippen LogP contribution in [0.1, 0.15) is 35.2 Å². The lowest BCUT2D eigenvalue weighted by Gasteiger charge is -2.17. The second-order valence-electron chi connectivity index (χ2n) is 5.90. The topological polar surface area (TPSA) is 29.5 Å². The SMILES string of the molecule is Cc1ccc(C(=O)N2CCC(OCC3CC3)C2)cc1F. The number of likely N-dealkylation sites (tertiary alicyclic amines) is 1. The van der Waals surface area contributed by atoms with Gasteiger partial charge < -0.3 is 9.64 Å². The van der Waals surface area contributed by atoms with Crippen molar-refractivity contribution in [2.75, 3.05) is 19.7 Å². The zero-order chi connectivity index (χ0) is 14.1. The van der Waals surface area contributed by atoms with Crippen molar-refractivity contribution in [3.05, 3.63) is 35.1 Å². The van der Waals surface area contributed by atoms with Crippen molar-refractivity contribution in [2.24, 2.45) is 5.92 Å². The average molecular weight is 277 g/mol. The maximum absolute atomic E-state index is 13.5. The minimum atomic E-state index is -0.323. The number of aryl methyl sites for hydroxylation is 1. The van der Waals surface area contributed by atoms with Gasteiger partial charge in [0.1, 0.15) is 5.82 Å². The molecular formula is C16H20FNO2. The Morgan fingerprint density at radius 3 is 2.90 bits per heavy atom. The highest BCUT2D eigenvalue weighted by molar-refractivity contribution is 5.94. The number of amides is 1. The highest BCUT2D eigenvalue weighted by Gasteiger charge is 2.30. The van der Waals surface area contributed by atoms with Crippen molar-refractivity contribution in [2.45, 2.75) is 32.3 Å². The third kappa shape index (κ3) is 3.01. The van der Waals surface area contributed by atoms with Crippen molar-refractivity contribution < 1.29 is 13.9 Å². The molecular weight excluding hydrogens is 257 g/mol. The van der Waals surface area contributed by atoms with Crippen LogP contribution in [-0.2, 0) is 4.74 Å². The predicted octanol–water partition coefficient (Wildman–Crippen LogP) is 2.78. The number of rotatable bonds is 4. The minimum absolute atomic E-state index is 0.0959. The summed E-state index contributed by atoms with van der Waals surface area (Å²) in [5.74, 6) is 0.323. The van der Waals surface area contributed by atoms with Crippen LogP contribution in [0, 0.1) is 18.7 Å². The summed E-state index contributed by atoms with van der Waals surface area (Å²) < 4.78 is 19.3. The number of nitrogens with zero attached hydrogens (tertiary/aromatic N) is 1. The molecule has 1 aromatic carbocycles. The van der Waals surface area contributed by atoms with E-state index < -0.39 is 0 Å². The summed E-state index contributed by atoms with van der Waals surface area (Å²) in [6.07, 6.45) is 3.58. The number of halogens is 1. The Hall–Kier alpha value is -1.42. The summed E-state index contributed by atoms with van der Waals surface area (Å²) in [5, 5.41) is 0. The number of hydrogen-bond acceptors (Lipinski definition) is 2. The van der Waals surface area contributed by atoms with E-state index in [0.717, 1.165) is 18.9 Å². The highest BCUT2D eigenvalue weighted by Crippen LogP contribution is 2.30. The van der Waals surface area contributed by atoms with Crippen LogP contribution in [0.3, 0.4) is 0 Å². The number of ether oxygens (including phenoxy) is 1. The molecule has 3 rings (SSSR count). The lowest BCUT2D eigenvalue weighted by molar-refractivity contribution is 0.0480. The molecule has 1 saturated carbocycles. The fraction of sp³-hybridized carbons (Fsp3) is 0.562. The van der Waals surface area contributed by atoms with Crippen LogP contribution in [0.15, 0.2) is 18.2 Å². The van der Waals surface area contributed by atoms with Crippen LogP contribution in [0.2, 0.25) is 0 Å². The summed E-state index contributed by atoms with van der Waals surface area (Å²) >= 11 is 0. The second kappa shape index (κ2) is 5.52. The first-order valence-corrected chi connectivity index (χ1v) is 7.30. The first-order chi connectivity index (χ1) is 9.63. The van der Waals surface area contributed by atoms with Gasteiger partial charge in [0.25, 0.3) is 5.91 Å². The van der Waals surface area contributed by atoms with Gasteiger partial charge in [-0.3, -0.25) is 4.79 Å². The largest absolute Gasteiger partial charge is 0.376 e. The monoisotopic (exact) mass is 277 g/mol. The van der Waals surface area contributed by atoms with E-state index in [1.54, 1.807) is 24.0 Å². The molecule has 0 spiro atoms. The van der Waals surface area contributed by atoms with Gasteiger partial charge >= 0.3 is 0 Å². The molecule has 108 valence electrons. The highest BCUT2D eigenvalue weighted by atomic mass is 19.1. The second-order valence-corrected chi connectivity index (χ2v) is 5.90. The van der Waals surface area contributed by atoms with Crippen molar-refractivity contribution in [3.63, 3.8) is 0 Å².